The Hall–Kier alpha value is -3.49. The molecule has 0 aromatic heterocycles. The van der Waals surface area contributed by atoms with Crippen LogP contribution in [0.15, 0.2) is 65.0 Å². The molecule has 2 aromatic carbocycles. The summed E-state index contributed by atoms with van der Waals surface area (Å²) < 4.78 is 11.7. The molecule has 5 nitrogen and oxygen atoms in total. The number of nitrogens with zero attached hydrogens (tertiary/aromatic N) is 1. The van der Waals surface area contributed by atoms with Crippen molar-refractivity contribution < 1.29 is 19.1 Å². The predicted octanol–water partition coefficient (Wildman–Crippen LogP) is 7.64. The highest BCUT2D eigenvalue weighted by atomic mass is 35.5. The van der Waals surface area contributed by atoms with Gasteiger partial charge in [-0.25, -0.2) is 0 Å². The molecule has 6 heteroatoms. The molecule has 0 bridgehead atoms. The summed E-state index contributed by atoms with van der Waals surface area (Å²) in [5.41, 5.74) is 4.88. The van der Waals surface area contributed by atoms with Gasteiger partial charge in [0.25, 0.3) is 0 Å². The maximum atomic E-state index is 14.1. The van der Waals surface area contributed by atoms with Gasteiger partial charge in [-0.15, -0.1) is 6.42 Å². The zero-order chi connectivity index (χ0) is 29.5. The molecule has 5 rings (SSSR count). The number of Topliss-reactive ketones (excluding diaryl/α,β-unsaturated/α-hetero) is 2. The summed E-state index contributed by atoms with van der Waals surface area (Å²) in [7, 11) is 0. The number of benzene rings is 2. The summed E-state index contributed by atoms with van der Waals surface area (Å²) in [6.07, 6.45) is 7.74. The average molecular weight is 572 g/mol. The van der Waals surface area contributed by atoms with E-state index in [4.69, 9.17) is 27.5 Å². The fourth-order valence-corrected chi connectivity index (χ4v) is 6.88. The molecule has 214 valence electrons. The third-order valence-electron chi connectivity index (χ3n) is 8.17. The maximum absolute atomic E-state index is 14.1. The first kappa shape index (κ1) is 29.0. The molecule has 0 amide bonds. The molecule has 0 radical (unpaired) electrons. The van der Waals surface area contributed by atoms with E-state index >= 15 is 0 Å². The van der Waals surface area contributed by atoms with Crippen molar-refractivity contribution in [3.05, 3.63) is 81.2 Å². The van der Waals surface area contributed by atoms with Crippen molar-refractivity contribution in [1.29, 1.82) is 0 Å². The second-order valence-electron chi connectivity index (χ2n) is 12.9. The van der Waals surface area contributed by atoms with Crippen molar-refractivity contribution in [1.82, 2.24) is 4.90 Å². The Bertz CT molecular complexity index is 1440. The largest absolute Gasteiger partial charge is 0.490 e. The molecule has 0 saturated carbocycles. The van der Waals surface area contributed by atoms with Crippen molar-refractivity contribution in [2.45, 2.75) is 72.8 Å². The lowest BCUT2D eigenvalue weighted by atomic mass is 9.63. The van der Waals surface area contributed by atoms with E-state index in [0.717, 1.165) is 35.4 Å². The van der Waals surface area contributed by atoms with Gasteiger partial charge >= 0.3 is 0 Å². The monoisotopic (exact) mass is 571 g/mol. The van der Waals surface area contributed by atoms with Crippen LogP contribution in [-0.4, -0.2) is 29.7 Å². The fraction of sp³-hybridized carbons (Fsp3) is 0.429. The first-order chi connectivity index (χ1) is 19.4. The van der Waals surface area contributed by atoms with Crippen LogP contribution in [0.5, 0.6) is 11.5 Å². The zero-order valence-corrected chi connectivity index (χ0v) is 25.4. The second-order valence-corrected chi connectivity index (χ2v) is 13.3. The fourth-order valence-electron chi connectivity index (χ4n) is 6.61. The van der Waals surface area contributed by atoms with Crippen LogP contribution in [0.4, 0.5) is 0 Å². The Kier molecular flexibility index (Phi) is 7.83. The third-order valence-corrected chi connectivity index (χ3v) is 8.45. The van der Waals surface area contributed by atoms with Gasteiger partial charge in [-0.3, -0.25) is 9.59 Å². The summed E-state index contributed by atoms with van der Waals surface area (Å²) >= 11 is 6.79. The molecule has 0 fully saturated rings. The number of ketones is 2. The smallest absolute Gasteiger partial charge is 0.181 e. The Morgan fingerprint density at radius 3 is 2.05 bits per heavy atom. The van der Waals surface area contributed by atoms with Gasteiger partial charge in [0.2, 0.25) is 0 Å². The topological polar surface area (TPSA) is 55.8 Å². The highest BCUT2D eigenvalue weighted by molar-refractivity contribution is 6.32. The standard InChI is InChI=1S/C35H38ClNO4/c1-7-14-41-33-24(36)15-23(16-29(33)40-8-2)30-31-25(17-34(3,4)19-27(31)38)37(21-22-12-10-9-11-13-22)26-18-35(5,6)20-28(39)32(26)30/h1,9-13,15-16,30H,8,14,17-21H2,2-6H3. The van der Waals surface area contributed by atoms with E-state index in [9.17, 15) is 9.59 Å². The summed E-state index contributed by atoms with van der Waals surface area (Å²) in [5, 5.41) is 0.337. The molecule has 2 aliphatic carbocycles. The lowest BCUT2D eigenvalue weighted by molar-refractivity contribution is -0.119. The highest BCUT2D eigenvalue weighted by Gasteiger charge is 2.49. The van der Waals surface area contributed by atoms with E-state index in [-0.39, 0.29) is 29.0 Å². The number of rotatable bonds is 7. The second kappa shape index (κ2) is 11.1. The van der Waals surface area contributed by atoms with E-state index in [2.05, 4.69) is 50.6 Å². The van der Waals surface area contributed by atoms with Gasteiger partial charge in [-0.1, -0.05) is 75.5 Å². The SMILES string of the molecule is C#CCOc1c(Cl)cc(C2C3=C(CC(C)(C)CC3=O)N(Cc3ccccc3)C3=C2C(=O)CC(C)(C)C3)cc1OCC. The number of halogens is 1. The van der Waals surface area contributed by atoms with Crippen LogP contribution in [0.2, 0.25) is 5.02 Å². The number of terminal acetylenes is 1. The van der Waals surface area contributed by atoms with Gasteiger partial charge in [-0.05, 0) is 53.9 Å². The molecular formula is C35H38ClNO4. The zero-order valence-electron chi connectivity index (χ0n) is 24.6. The van der Waals surface area contributed by atoms with Crippen LogP contribution in [0.25, 0.3) is 0 Å². The number of ether oxygens (including phenoxy) is 2. The average Bonchev–Trinajstić information content (AvgIpc) is 2.88. The van der Waals surface area contributed by atoms with Gasteiger partial charge < -0.3 is 14.4 Å². The van der Waals surface area contributed by atoms with Crippen molar-refractivity contribution >= 4 is 23.2 Å². The molecule has 2 aromatic rings. The first-order valence-corrected chi connectivity index (χ1v) is 14.7. The quantitative estimate of drug-likeness (QED) is 0.320. The molecule has 0 N–H and O–H groups in total. The van der Waals surface area contributed by atoms with Crippen molar-refractivity contribution in [3.63, 3.8) is 0 Å². The Morgan fingerprint density at radius 1 is 0.927 bits per heavy atom. The number of hydrogen-bond acceptors (Lipinski definition) is 5. The minimum Gasteiger partial charge on any atom is -0.490 e. The van der Waals surface area contributed by atoms with Gasteiger partial charge in [0.15, 0.2) is 23.1 Å². The Labute approximate surface area is 248 Å². The maximum Gasteiger partial charge on any atom is 0.181 e. The van der Waals surface area contributed by atoms with Crippen molar-refractivity contribution in [2.24, 2.45) is 10.8 Å². The molecule has 41 heavy (non-hydrogen) atoms. The van der Waals surface area contributed by atoms with E-state index in [0.29, 0.717) is 53.7 Å². The predicted molar refractivity (Wildman–Crippen MR) is 162 cm³/mol. The minimum atomic E-state index is -0.530. The summed E-state index contributed by atoms with van der Waals surface area (Å²) in [6.45, 7) is 11.5. The molecular weight excluding hydrogens is 534 g/mol. The normalized spacial score (nSPS) is 20.0. The van der Waals surface area contributed by atoms with Crippen LogP contribution in [-0.2, 0) is 16.1 Å². The number of allylic oxidation sites excluding steroid dienone is 4. The first-order valence-electron chi connectivity index (χ1n) is 14.3. The van der Waals surface area contributed by atoms with Crippen LogP contribution in [0.3, 0.4) is 0 Å². The minimum absolute atomic E-state index is 0.0444. The highest BCUT2D eigenvalue weighted by Crippen LogP contribution is 2.55. The number of carbonyl (C=O) groups is 2. The van der Waals surface area contributed by atoms with E-state index in [1.807, 2.05) is 37.3 Å². The van der Waals surface area contributed by atoms with Crippen molar-refractivity contribution in [2.75, 3.05) is 13.2 Å². The molecule has 0 atom stereocenters. The summed E-state index contributed by atoms with van der Waals surface area (Å²) in [4.78, 5) is 30.5. The van der Waals surface area contributed by atoms with E-state index < -0.39 is 5.92 Å². The van der Waals surface area contributed by atoms with E-state index in [1.54, 1.807) is 0 Å². The Morgan fingerprint density at radius 2 is 1.51 bits per heavy atom. The number of hydrogen-bond donors (Lipinski definition) is 0. The van der Waals surface area contributed by atoms with Gasteiger partial charge in [0, 0.05) is 47.8 Å². The molecule has 3 aliphatic rings. The van der Waals surface area contributed by atoms with Crippen LogP contribution in [0, 0.1) is 23.2 Å². The van der Waals surface area contributed by atoms with E-state index in [1.165, 1.54) is 0 Å². The molecule has 0 saturated heterocycles. The van der Waals surface area contributed by atoms with Crippen LogP contribution < -0.4 is 9.47 Å². The molecule has 1 heterocycles. The molecule has 1 aliphatic heterocycles. The van der Waals surface area contributed by atoms with Gasteiger partial charge in [-0.2, -0.15) is 0 Å². The van der Waals surface area contributed by atoms with Gasteiger partial charge in [0.05, 0.1) is 11.6 Å². The van der Waals surface area contributed by atoms with Gasteiger partial charge in [0.1, 0.15) is 6.61 Å². The van der Waals surface area contributed by atoms with Crippen LogP contribution in [0.1, 0.15) is 77.3 Å². The molecule has 0 unspecified atom stereocenters. The van der Waals surface area contributed by atoms with Crippen molar-refractivity contribution in [3.8, 4) is 23.8 Å². The van der Waals surface area contributed by atoms with Crippen LogP contribution >= 0.6 is 11.6 Å². The summed E-state index contributed by atoms with van der Waals surface area (Å²) in [6, 6.07) is 13.9. The number of carbonyl (C=O) groups excluding carboxylic acids is 2. The Balaban J connectivity index is 1.77. The summed E-state index contributed by atoms with van der Waals surface area (Å²) in [5.74, 6) is 2.91. The lowest BCUT2D eigenvalue weighted by Gasteiger charge is -2.49. The lowest BCUT2D eigenvalue weighted by Crippen LogP contribution is -2.44. The third kappa shape index (κ3) is 5.68. The molecule has 0 spiro atoms.